The number of fused-ring (bicyclic) bond motifs is 3. The molecule has 1 fully saturated rings. The number of pyridine rings is 1. The molecule has 1 aliphatic rings. The van der Waals surface area contributed by atoms with Gasteiger partial charge in [-0.2, -0.15) is 0 Å². The fourth-order valence-electron chi connectivity index (χ4n) is 3.06. The second-order valence-corrected chi connectivity index (χ2v) is 5.84. The number of likely N-dealkylation sites (tertiary alicyclic amines) is 1. The lowest BCUT2D eigenvalue weighted by Gasteiger charge is -2.12. The second-order valence-electron chi connectivity index (χ2n) is 5.84. The number of aromatic nitrogens is 3. The maximum Gasteiger partial charge on any atom is 0.223 e. The van der Waals surface area contributed by atoms with Gasteiger partial charge in [0, 0.05) is 18.4 Å². The van der Waals surface area contributed by atoms with E-state index in [1.807, 2.05) is 30.0 Å². The lowest BCUT2D eigenvalue weighted by molar-refractivity contribution is -0.128. The Hall–Kier alpha value is -2.63. The molecule has 1 aliphatic heterocycles. The molecule has 0 bridgehead atoms. The average Bonchev–Trinajstić information content (AvgIpc) is 3.07. The highest BCUT2D eigenvalue weighted by Crippen LogP contribution is 2.27. The van der Waals surface area contributed by atoms with E-state index in [0.29, 0.717) is 24.3 Å². The molecule has 4 rings (SSSR count). The Labute approximate surface area is 127 Å². The predicted molar refractivity (Wildman–Crippen MR) is 85.2 cm³/mol. The van der Waals surface area contributed by atoms with Crippen LogP contribution in [0.5, 0.6) is 0 Å². The molecule has 3 aromatic rings. The van der Waals surface area contributed by atoms with E-state index in [1.54, 1.807) is 0 Å². The van der Waals surface area contributed by atoms with E-state index >= 15 is 0 Å². The Morgan fingerprint density at radius 2 is 2.23 bits per heavy atom. The predicted octanol–water partition coefficient (Wildman–Crippen LogP) is 2.12. The first-order chi connectivity index (χ1) is 10.6. The number of hydrogen-bond donors (Lipinski definition) is 2. The van der Waals surface area contributed by atoms with E-state index < -0.39 is 0 Å². The Morgan fingerprint density at radius 1 is 1.36 bits per heavy atom. The second kappa shape index (κ2) is 4.69. The van der Waals surface area contributed by atoms with Crippen LogP contribution < -0.4 is 5.73 Å². The number of benzene rings is 1. The minimum Gasteiger partial charge on any atom is -0.382 e. The molecule has 22 heavy (non-hydrogen) atoms. The van der Waals surface area contributed by atoms with Gasteiger partial charge >= 0.3 is 0 Å². The summed E-state index contributed by atoms with van der Waals surface area (Å²) >= 11 is 0. The van der Waals surface area contributed by atoms with E-state index in [-0.39, 0.29) is 5.91 Å². The number of carbonyl (C=O) groups is 1. The van der Waals surface area contributed by atoms with Crippen LogP contribution in [0.4, 0.5) is 5.82 Å². The number of rotatable bonds is 2. The summed E-state index contributed by atoms with van der Waals surface area (Å²) in [5.41, 5.74) is 9.62. The number of aryl methyl sites for hydroxylation is 1. The first-order valence-corrected chi connectivity index (χ1v) is 7.44. The van der Waals surface area contributed by atoms with Gasteiger partial charge in [-0.25, -0.2) is 9.97 Å². The zero-order valence-corrected chi connectivity index (χ0v) is 12.4. The summed E-state index contributed by atoms with van der Waals surface area (Å²) in [5, 5.41) is 1.00. The number of aromatic amines is 1. The molecule has 6 nitrogen and oxygen atoms in total. The lowest BCUT2D eigenvalue weighted by Crippen LogP contribution is -2.24. The highest BCUT2D eigenvalue weighted by molar-refractivity contribution is 6.06. The summed E-state index contributed by atoms with van der Waals surface area (Å²) in [6.07, 6.45) is 1.55. The average molecular weight is 295 g/mol. The number of nitrogens with zero attached hydrogens (tertiary/aromatic N) is 3. The maximum atomic E-state index is 11.8. The minimum atomic E-state index is 0.187. The summed E-state index contributed by atoms with van der Waals surface area (Å²) in [6, 6.07) is 6.09. The van der Waals surface area contributed by atoms with Crippen LogP contribution in [0.15, 0.2) is 18.2 Å². The molecule has 1 saturated heterocycles. The summed E-state index contributed by atoms with van der Waals surface area (Å²) in [4.78, 5) is 25.9. The molecule has 2 aromatic heterocycles. The number of nitrogens with one attached hydrogen (secondary N) is 1. The molecule has 1 amide bonds. The van der Waals surface area contributed by atoms with Gasteiger partial charge in [0.15, 0.2) is 5.82 Å². The van der Waals surface area contributed by atoms with Crippen LogP contribution in [0.3, 0.4) is 0 Å². The zero-order chi connectivity index (χ0) is 15.3. The van der Waals surface area contributed by atoms with Gasteiger partial charge < -0.3 is 15.6 Å². The minimum absolute atomic E-state index is 0.187. The third-order valence-corrected chi connectivity index (χ3v) is 4.17. The molecule has 0 saturated carbocycles. The van der Waals surface area contributed by atoms with E-state index in [2.05, 4.69) is 15.0 Å². The molecule has 0 radical (unpaired) electrons. The molecule has 112 valence electrons. The maximum absolute atomic E-state index is 11.8. The van der Waals surface area contributed by atoms with Crippen molar-refractivity contribution in [1.82, 2.24) is 19.9 Å². The Kier molecular flexibility index (Phi) is 2.79. The van der Waals surface area contributed by atoms with Gasteiger partial charge in [0.25, 0.3) is 0 Å². The number of amides is 1. The van der Waals surface area contributed by atoms with Crippen LogP contribution in [0, 0.1) is 6.92 Å². The molecule has 0 atom stereocenters. The summed E-state index contributed by atoms with van der Waals surface area (Å²) in [5.74, 6) is 1.36. The van der Waals surface area contributed by atoms with Crippen molar-refractivity contribution >= 4 is 33.7 Å². The number of anilines is 1. The first kappa shape index (κ1) is 13.1. The summed E-state index contributed by atoms with van der Waals surface area (Å²) < 4.78 is 0. The summed E-state index contributed by atoms with van der Waals surface area (Å²) in [7, 11) is 0. The van der Waals surface area contributed by atoms with E-state index in [0.717, 1.165) is 40.8 Å². The Morgan fingerprint density at radius 3 is 3.00 bits per heavy atom. The van der Waals surface area contributed by atoms with Crippen LogP contribution >= 0.6 is 0 Å². The monoisotopic (exact) mass is 295 g/mol. The number of carbonyl (C=O) groups excluding carboxylic acids is 1. The molecular weight excluding hydrogens is 278 g/mol. The van der Waals surface area contributed by atoms with Crippen molar-refractivity contribution in [2.75, 3.05) is 12.3 Å². The van der Waals surface area contributed by atoms with Gasteiger partial charge in [-0.3, -0.25) is 4.79 Å². The number of imidazole rings is 1. The number of nitrogen functional groups attached to an aromatic ring is 1. The van der Waals surface area contributed by atoms with Crippen LogP contribution in [0.1, 0.15) is 24.2 Å². The van der Waals surface area contributed by atoms with Crippen molar-refractivity contribution in [3.8, 4) is 0 Å². The van der Waals surface area contributed by atoms with Crippen molar-refractivity contribution < 1.29 is 4.79 Å². The normalized spacial score (nSPS) is 15.3. The summed E-state index contributed by atoms with van der Waals surface area (Å²) in [6.45, 7) is 3.32. The molecule has 3 heterocycles. The lowest BCUT2D eigenvalue weighted by atomic mass is 10.1. The first-order valence-electron chi connectivity index (χ1n) is 7.44. The largest absolute Gasteiger partial charge is 0.382 e. The molecule has 0 unspecified atom stereocenters. The van der Waals surface area contributed by atoms with Crippen LogP contribution in [0.25, 0.3) is 21.9 Å². The zero-order valence-electron chi connectivity index (χ0n) is 12.4. The van der Waals surface area contributed by atoms with Crippen molar-refractivity contribution in [2.24, 2.45) is 0 Å². The van der Waals surface area contributed by atoms with Gasteiger partial charge in [0.2, 0.25) is 5.91 Å². The van der Waals surface area contributed by atoms with Crippen molar-refractivity contribution in [3.63, 3.8) is 0 Å². The highest BCUT2D eigenvalue weighted by Gasteiger charge is 2.22. The Bertz CT molecular complexity index is 898. The molecular formula is C16H17N5O. The van der Waals surface area contributed by atoms with E-state index in [4.69, 9.17) is 5.73 Å². The van der Waals surface area contributed by atoms with Gasteiger partial charge in [-0.1, -0.05) is 12.1 Å². The number of H-pyrrole nitrogens is 1. The van der Waals surface area contributed by atoms with Crippen LogP contribution in [0.2, 0.25) is 0 Å². The number of nitrogens with two attached hydrogens (primary N) is 1. The van der Waals surface area contributed by atoms with Crippen molar-refractivity contribution in [2.45, 2.75) is 26.3 Å². The third-order valence-electron chi connectivity index (χ3n) is 4.17. The molecule has 0 spiro atoms. The Balaban J connectivity index is 1.84. The quantitative estimate of drug-likeness (QED) is 0.758. The molecule has 3 N–H and O–H groups in total. The smallest absolute Gasteiger partial charge is 0.223 e. The molecule has 0 aliphatic carbocycles. The fraction of sp³-hybridized carbons (Fsp3) is 0.312. The van der Waals surface area contributed by atoms with E-state index in [1.165, 1.54) is 0 Å². The van der Waals surface area contributed by atoms with Crippen LogP contribution in [-0.4, -0.2) is 32.3 Å². The highest BCUT2D eigenvalue weighted by atomic mass is 16.2. The standard InChI is InChI=1S/C16H17N5O/c1-9-4-5-10-11(7-9)18-16(17)15-14(10)19-12(20-15)8-21-6-2-3-13(21)22/h4-5,7H,2-3,6,8H2,1H3,(H2,17,18)(H,19,20). The molecule has 1 aromatic carbocycles. The van der Waals surface area contributed by atoms with Gasteiger partial charge in [0.05, 0.1) is 17.6 Å². The topological polar surface area (TPSA) is 87.9 Å². The van der Waals surface area contributed by atoms with Gasteiger partial charge in [0.1, 0.15) is 11.3 Å². The fourth-order valence-corrected chi connectivity index (χ4v) is 3.06. The van der Waals surface area contributed by atoms with Crippen LogP contribution in [-0.2, 0) is 11.3 Å². The molecule has 6 heteroatoms. The van der Waals surface area contributed by atoms with Crippen molar-refractivity contribution in [1.29, 1.82) is 0 Å². The third kappa shape index (κ3) is 1.99. The van der Waals surface area contributed by atoms with Crippen molar-refractivity contribution in [3.05, 3.63) is 29.6 Å². The van der Waals surface area contributed by atoms with Gasteiger partial charge in [-0.15, -0.1) is 0 Å². The van der Waals surface area contributed by atoms with E-state index in [9.17, 15) is 4.79 Å². The number of hydrogen-bond acceptors (Lipinski definition) is 4. The SMILES string of the molecule is Cc1ccc2c(c1)nc(N)c1nc(CN3CCCC3=O)[nH]c12. The van der Waals surface area contributed by atoms with Gasteiger partial charge in [-0.05, 0) is 25.0 Å².